The zero-order chi connectivity index (χ0) is 26.2. The van der Waals surface area contributed by atoms with E-state index in [1.165, 1.54) is 5.56 Å². The molecule has 7 heteroatoms. The number of rotatable bonds is 11. The quantitative estimate of drug-likeness (QED) is 0.374. The molecule has 0 unspecified atom stereocenters. The lowest BCUT2D eigenvalue weighted by molar-refractivity contribution is -0.132. The average molecular weight is 505 g/mol. The Morgan fingerprint density at radius 2 is 1.70 bits per heavy atom. The fourth-order valence-corrected chi connectivity index (χ4v) is 4.84. The van der Waals surface area contributed by atoms with E-state index >= 15 is 0 Å². The van der Waals surface area contributed by atoms with E-state index in [1.54, 1.807) is 6.07 Å². The zero-order valence-electron chi connectivity index (χ0n) is 22.4. The lowest BCUT2D eigenvalue weighted by atomic mass is 10.1. The van der Waals surface area contributed by atoms with Crippen molar-refractivity contribution in [3.05, 3.63) is 83.6 Å². The number of aromatic nitrogens is 1. The predicted molar refractivity (Wildman–Crippen MR) is 145 cm³/mol. The van der Waals surface area contributed by atoms with E-state index in [-0.39, 0.29) is 11.8 Å². The highest BCUT2D eigenvalue weighted by Gasteiger charge is 2.24. The minimum Gasteiger partial charge on any atom is -0.454 e. The molecule has 0 spiro atoms. The maximum absolute atomic E-state index is 13.1. The second kappa shape index (κ2) is 12.8. The first-order valence-corrected chi connectivity index (χ1v) is 13.5. The molecule has 37 heavy (non-hydrogen) atoms. The van der Waals surface area contributed by atoms with Crippen LogP contribution in [-0.2, 0) is 24.4 Å². The number of nitrogens with zero attached hydrogens (tertiary/aromatic N) is 4. The Morgan fingerprint density at radius 3 is 2.41 bits per heavy atom. The van der Waals surface area contributed by atoms with E-state index in [9.17, 15) is 9.59 Å². The van der Waals surface area contributed by atoms with Gasteiger partial charge in [-0.3, -0.25) is 14.5 Å². The Kier molecular flexibility index (Phi) is 9.23. The van der Waals surface area contributed by atoms with Crippen molar-refractivity contribution in [3.63, 3.8) is 0 Å². The van der Waals surface area contributed by atoms with Crippen LogP contribution in [0.25, 0.3) is 0 Å². The molecule has 0 bridgehead atoms. The lowest BCUT2D eigenvalue weighted by Crippen LogP contribution is -2.48. The molecule has 0 N–H and O–H groups in total. The predicted octanol–water partition coefficient (Wildman–Crippen LogP) is 4.87. The highest BCUT2D eigenvalue weighted by Crippen LogP contribution is 2.17. The molecule has 198 valence electrons. The van der Waals surface area contributed by atoms with Crippen molar-refractivity contribution in [2.45, 2.75) is 53.2 Å². The Labute approximate surface area is 220 Å². The van der Waals surface area contributed by atoms with Gasteiger partial charge in [0.2, 0.25) is 5.91 Å². The van der Waals surface area contributed by atoms with Gasteiger partial charge in [-0.1, -0.05) is 51.1 Å². The van der Waals surface area contributed by atoms with Crippen molar-refractivity contribution < 1.29 is 14.0 Å². The van der Waals surface area contributed by atoms with Gasteiger partial charge in [-0.2, -0.15) is 0 Å². The molecule has 1 aliphatic rings. The van der Waals surface area contributed by atoms with E-state index in [1.807, 2.05) is 34.2 Å². The number of hydrogen-bond donors (Lipinski definition) is 0. The van der Waals surface area contributed by atoms with Gasteiger partial charge < -0.3 is 18.8 Å². The van der Waals surface area contributed by atoms with E-state index in [2.05, 4.69) is 60.6 Å². The number of carbonyl (C=O) groups is 2. The number of carbonyl (C=O) groups excluding carboxylic acids is 2. The van der Waals surface area contributed by atoms with Crippen LogP contribution in [0.2, 0.25) is 0 Å². The van der Waals surface area contributed by atoms with Gasteiger partial charge in [0.25, 0.3) is 5.91 Å². The fraction of sp³-hybridized carbons (Fsp3) is 0.467. The first-order chi connectivity index (χ1) is 17.9. The summed E-state index contributed by atoms with van der Waals surface area (Å²) in [5, 5.41) is 0. The molecule has 1 fully saturated rings. The summed E-state index contributed by atoms with van der Waals surface area (Å²) in [5.41, 5.74) is 2.36. The van der Waals surface area contributed by atoms with Crippen molar-refractivity contribution in [1.82, 2.24) is 19.3 Å². The van der Waals surface area contributed by atoms with E-state index in [0.717, 1.165) is 44.1 Å². The zero-order valence-corrected chi connectivity index (χ0v) is 22.4. The molecule has 4 rings (SSSR count). The normalized spacial score (nSPS) is 14.3. The number of piperazine rings is 1. The molecule has 2 amide bonds. The van der Waals surface area contributed by atoms with Gasteiger partial charge in [-0.25, -0.2) is 0 Å². The molecular weight excluding hydrogens is 464 g/mol. The molecule has 1 saturated heterocycles. The number of benzene rings is 1. The smallest absolute Gasteiger partial charge is 0.289 e. The maximum Gasteiger partial charge on any atom is 0.289 e. The molecule has 0 atom stereocenters. The molecule has 2 aromatic heterocycles. The van der Waals surface area contributed by atoms with Gasteiger partial charge in [0.15, 0.2) is 5.76 Å². The van der Waals surface area contributed by atoms with Crippen molar-refractivity contribution in [2.75, 3.05) is 32.7 Å². The number of hydrogen-bond acceptors (Lipinski definition) is 4. The first kappa shape index (κ1) is 26.7. The minimum atomic E-state index is -0.0493. The highest BCUT2D eigenvalue weighted by atomic mass is 16.4. The van der Waals surface area contributed by atoms with E-state index < -0.39 is 0 Å². The molecule has 3 heterocycles. The molecule has 1 aromatic carbocycles. The van der Waals surface area contributed by atoms with Crippen molar-refractivity contribution in [2.24, 2.45) is 5.92 Å². The third-order valence-corrected chi connectivity index (χ3v) is 6.81. The molecule has 0 saturated carbocycles. The van der Waals surface area contributed by atoms with Gasteiger partial charge in [0, 0.05) is 57.6 Å². The largest absolute Gasteiger partial charge is 0.454 e. The average Bonchev–Trinajstić information content (AvgIpc) is 3.54. The molecule has 0 radical (unpaired) electrons. The molecular formula is C30H40N4O3. The second-order valence-electron chi connectivity index (χ2n) is 10.4. The van der Waals surface area contributed by atoms with Crippen LogP contribution < -0.4 is 0 Å². The van der Waals surface area contributed by atoms with Gasteiger partial charge in [-0.05, 0) is 42.2 Å². The minimum absolute atomic E-state index is 0.0493. The summed E-state index contributed by atoms with van der Waals surface area (Å²) < 4.78 is 8.09. The molecule has 1 aliphatic heterocycles. The molecule has 3 aromatic rings. The maximum atomic E-state index is 13.1. The Balaban J connectivity index is 1.32. The monoisotopic (exact) mass is 504 g/mol. The Bertz CT molecular complexity index is 1140. The Hall–Kier alpha value is -3.32. The SMILES string of the molecule is CCCN(Cc1cccn1Cc1ccc(C(=O)N2CCN(Cc3ccccc3)CC2)o1)C(=O)CC(C)C. The second-order valence-corrected chi connectivity index (χ2v) is 10.4. The molecule has 0 aliphatic carbocycles. The van der Waals surface area contributed by atoms with Gasteiger partial charge in [0.1, 0.15) is 5.76 Å². The first-order valence-electron chi connectivity index (χ1n) is 13.5. The summed E-state index contributed by atoms with van der Waals surface area (Å²) in [7, 11) is 0. The molecule has 7 nitrogen and oxygen atoms in total. The number of furan rings is 1. The van der Waals surface area contributed by atoms with Crippen LogP contribution in [0.5, 0.6) is 0 Å². The summed E-state index contributed by atoms with van der Waals surface area (Å²) in [6.07, 6.45) is 3.49. The van der Waals surface area contributed by atoms with Crippen LogP contribution in [0.15, 0.2) is 65.2 Å². The summed E-state index contributed by atoms with van der Waals surface area (Å²) in [6.45, 7) is 12.1. The third kappa shape index (κ3) is 7.35. The Morgan fingerprint density at radius 1 is 0.946 bits per heavy atom. The van der Waals surface area contributed by atoms with Crippen molar-refractivity contribution in [1.29, 1.82) is 0 Å². The van der Waals surface area contributed by atoms with Crippen LogP contribution in [0.4, 0.5) is 0 Å². The summed E-state index contributed by atoms with van der Waals surface area (Å²) in [6, 6.07) is 18.2. The summed E-state index contributed by atoms with van der Waals surface area (Å²) in [4.78, 5) is 32.0. The van der Waals surface area contributed by atoms with Crippen LogP contribution in [0, 0.1) is 5.92 Å². The van der Waals surface area contributed by atoms with E-state index in [0.29, 0.717) is 44.3 Å². The van der Waals surface area contributed by atoms with Crippen LogP contribution >= 0.6 is 0 Å². The van der Waals surface area contributed by atoms with E-state index in [4.69, 9.17) is 4.42 Å². The van der Waals surface area contributed by atoms with Crippen molar-refractivity contribution >= 4 is 11.8 Å². The van der Waals surface area contributed by atoms with Crippen molar-refractivity contribution in [3.8, 4) is 0 Å². The van der Waals surface area contributed by atoms with Crippen LogP contribution in [-0.4, -0.2) is 63.8 Å². The summed E-state index contributed by atoms with van der Waals surface area (Å²) >= 11 is 0. The van der Waals surface area contributed by atoms with Crippen LogP contribution in [0.3, 0.4) is 0 Å². The highest BCUT2D eigenvalue weighted by molar-refractivity contribution is 5.91. The number of amides is 2. The van der Waals surface area contributed by atoms with Gasteiger partial charge in [0.05, 0.1) is 13.1 Å². The third-order valence-electron chi connectivity index (χ3n) is 6.81. The standard InChI is InChI=1S/C30H40N4O3/c1-4-14-34(29(35)20-24(2)3)22-26-11-8-15-33(26)23-27-12-13-28(37-27)30(36)32-18-16-31(17-19-32)21-25-9-6-5-7-10-25/h5-13,15,24H,4,14,16-23H2,1-3H3. The van der Waals surface area contributed by atoms with Gasteiger partial charge in [-0.15, -0.1) is 0 Å². The summed E-state index contributed by atoms with van der Waals surface area (Å²) in [5.74, 6) is 1.61. The topological polar surface area (TPSA) is 61.9 Å². The fourth-order valence-electron chi connectivity index (χ4n) is 4.84. The van der Waals surface area contributed by atoms with Crippen LogP contribution in [0.1, 0.15) is 61.2 Å². The lowest BCUT2D eigenvalue weighted by Gasteiger charge is -2.34. The van der Waals surface area contributed by atoms with Gasteiger partial charge >= 0.3 is 0 Å².